The fourth-order valence-corrected chi connectivity index (χ4v) is 4.09. The minimum absolute atomic E-state index is 0.0525. The summed E-state index contributed by atoms with van der Waals surface area (Å²) >= 11 is 1.39. The second kappa shape index (κ2) is 6.64. The fraction of sp³-hybridized carbons (Fsp3) is 0.235. The number of esters is 3. The Morgan fingerprint density at radius 2 is 1.60 bits per heavy atom. The Bertz CT molecular complexity index is 828. The largest absolute Gasteiger partial charge is 0.466 e. The van der Waals surface area contributed by atoms with Crippen LogP contribution in [0, 0.1) is 0 Å². The van der Waals surface area contributed by atoms with Crippen LogP contribution in [0.1, 0.15) is 0 Å². The van der Waals surface area contributed by atoms with E-state index >= 15 is 0 Å². The first kappa shape index (κ1) is 17.1. The van der Waals surface area contributed by atoms with E-state index in [1.807, 2.05) is 24.3 Å². The van der Waals surface area contributed by atoms with Crippen molar-refractivity contribution in [1.82, 2.24) is 0 Å². The van der Waals surface area contributed by atoms with E-state index in [-0.39, 0.29) is 16.7 Å². The summed E-state index contributed by atoms with van der Waals surface area (Å²) in [6.07, 6.45) is 1.51. The van der Waals surface area contributed by atoms with Gasteiger partial charge >= 0.3 is 17.9 Å². The third-order valence-corrected chi connectivity index (χ3v) is 5.17. The topological polar surface area (TPSA) is 82.1 Å². The number of fused-ring (bicyclic) bond motifs is 3. The number of anilines is 1. The van der Waals surface area contributed by atoms with E-state index in [1.54, 1.807) is 4.90 Å². The number of carbonyl (C=O) groups excluding carboxylic acids is 3. The molecule has 0 saturated heterocycles. The van der Waals surface area contributed by atoms with Crippen LogP contribution in [-0.2, 0) is 28.6 Å². The van der Waals surface area contributed by atoms with Crippen molar-refractivity contribution in [2.45, 2.75) is 10.3 Å². The standard InChI is InChI=1S/C17H15NO6S/c1-22-15(19)9-8-18-10-6-4-5-7-11(10)25-14(18)13(17(21)24-3)12(9)16(20)23-2/h4-8,14H,1-3H3/t14-/m0/s1. The van der Waals surface area contributed by atoms with Crippen LogP contribution in [0.25, 0.3) is 0 Å². The summed E-state index contributed by atoms with van der Waals surface area (Å²) in [6, 6.07) is 7.49. The van der Waals surface area contributed by atoms with Crippen molar-refractivity contribution >= 4 is 35.4 Å². The average Bonchev–Trinajstić information content (AvgIpc) is 3.02. The van der Waals surface area contributed by atoms with E-state index in [1.165, 1.54) is 39.3 Å². The maximum Gasteiger partial charge on any atom is 0.340 e. The Morgan fingerprint density at radius 3 is 2.24 bits per heavy atom. The molecule has 3 rings (SSSR count). The van der Waals surface area contributed by atoms with Crippen molar-refractivity contribution < 1.29 is 28.6 Å². The van der Waals surface area contributed by atoms with Gasteiger partial charge in [-0.3, -0.25) is 0 Å². The number of ether oxygens (including phenoxy) is 3. The van der Waals surface area contributed by atoms with Gasteiger partial charge in [0.15, 0.2) is 0 Å². The lowest BCUT2D eigenvalue weighted by Crippen LogP contribution is -2.38. The molecular weight excluding hydrogens is 346 g/mol. The third kappa shape index (κ3) is 2.68. The Balaban J connectivity index is 2.25. The molecule has 0 fully saturated rings. The quantitative estimate of drug-likeness (QED) is 0.594. The summed E-state index contributed by atoms with van der Waals surface area (Å²) < 4.78 is 14.4. The van der Waals surface area contributed by atoms with Crippen LogP contribution >= 0.6 is 11.8 Å². The van der Waals surface area contributed by atoms with Crippen LogP contribution < -0.4 is 4.90 Å². The van der Waals surface area contributed by atoms with Crippen molar-refractivity contribution in [2.75, 3.05) is 26.2 Å². The summed E-state index contributed by atoms with van der Waals surface area (Å²) in [7, 11) is 3.61. The van der Waals surface area contributed by atoms with E-state index in [4.69, 9.17) is 14.2 Å². The van der Waals surface area contributed by atoms with E-state index in [0.29, 0.717) is 0 Å². The number of hydrogen-bond donors (Lipinski definition) is 0. The lowest BCUT2D eigenvalue weighted by molar-refractivity contribution is -0.140. The molecule has 0 amide bonds. The zero-order valence-electron chi connectivity index (χ0n) is 13.8. The molecule has 0 unspecified atom stereocenters. The van der Waals surface area contributed by atoms with Crippen molar-refractivity contribution in [2.24, 2.45) is 0 Å². The summed E-state index contributed by atoms with van der Waals surface area (Å²) in [4.78, 5) is 39.7. The highest BCUT2D eigenvalue weighted by Crippen LogP contribution is 2.49. The van der Waals surface area contributed by atoms with Crippen molar-refractivity contribution in [3.8, 4) is 0 Å². The number of nitrogens with zero attached hydrogens (tertiary/aromatic N) is 1. The first-order chi connectivity index (χ1) is 12.0. The predicted octanol–water partition coefficient (Wildman–Crippen LogP) is 1.64. The van der Waals surface area contributed by atoms with Crippen LogP contribution in [0.2, 0.25) is 0 Å². The zero-order chi connectivity index (χ0) is 18.1. The molecule has 0 radical (unpaired) electrons. The van der Waals surface area contributed by atoms with Crippen LogP contribution in [0.3, 0.4) is 0 Å². The lowest BCUT2D eigenvalue weighted by atomic mass is 9.96. The van der Waals surface area contributed by atoms with Crippen LogP contribution in [0.4, 0.5) is 5.69 Å². The number of thioether (sulfide) groups is 1. The number of para-hydroxylation sites is 1. The molecule has 0 aliphatic carbocycles. The van der Waals surface area contributed by atoms with Crippen LogP contribution in [0.15, 0.2) is 52.1 Å². The lowest BCUT2D eigenvalue weighted by Gasteiger charge is -2.30. The van der Waals surface area contributed by atoms with E-state index < -0.39 is 23.3 Å². The van der Waals surface area contributed by atoms with Crippen molar-refractivity contribution in [3.63, 3.8) is 0 Å². The van der Waals surface area contributed by atoms with Gasteiger partial charge in [0.05, 0.1) is 43.7 Å². The summed E-state index contributed by atoms with van der Waals surface area (Å²) in [6.45, 7) is 0. The monoisotopic (exact) mass is 361 g/mol. The van der Waals surface area contributed by atoms with Gasteiger partial charge in [0.2, 0.25) is 0 Å². The number of benzene rings is 1. The van der Waals surface area contributed by atoms with Crippen LogP contribution in [-0.4, -0.2) is 44.6 Å². The van der Waals surface area contributed by atoms with Gasteiger partial charge in [0.25, 0.3) is 0 Å². The van der Waals surface area contributed by atoms with Crippen LogP contribution in [0.5, 0.6) is 0 Å². The summed E-state index contributed by atoms with van der Waals surface area (Å²) in [5, 5.41) is -0.535. The molecular formula is C17H15NO6S. The molecule has 0 bridgehead atoms. The van der Waals surface area contributed by atoms with E-state index in [9.17, 15) is 14.4 Å². The van der Waals surface area contributed by atoms with E-state index in [2.05, 4.69) is 0 Å². The van der Waals surface area contributed by atoms with Gasteiger partial charge in [-0.05, 0) is 12.1 Å². The molecule has 2 aliphatic heterocycles. The number of carbonyl (C=O) groups is 3. The molecule has 1 atom stereocenters. The highest BCUT2D eigenvalue weighted by molar-refractivity contribution is 8.00. The number of methoxy groups -OCH3 is 3. The smallest absolute Gasteiger partial charge is 0.340 e. The highest BCUT2D eigenvalue weighted by atomic mass is 32.2. The third-order valence-electron chi connectivity index (χ3n) is 3.89. The Kier molecular flexibility index (Phi) is 4.54. The second-order valence-corrected chi connectivity index (χ2v) is 6.27. The Morgan fingerprint density at radius 1 is 0.960 bits per heavy atom. The van der Waals surface area contributed by atoms with Gasteiger partial charge < -0.3 is 19.1 Å². The molecule has 1 aromatic rings. The number of hydrogen-bond acceptors (Lipinski definition) is 8. The van der Waals surface area contributed by atoms with Gasteiger partial charge in [0.1, 0.15) is 5.37 Å². The molecule has 7 nitrogen and oxygen atoms in total. The normalized spacial score (nSPS) is 18.1. The molecule has 0 N–H and O–H groups in total. The molecule has 130 valence electrons. The average molecular weight is 361 g/mol. The minimum Gasteiger partial charge on any atom is -0.466 e. The van der Waals surface area contributed by atoms with E-state index in [0.717, 1.165) is 10.6 Å². The maximum absolute atomic E-state index is 12.4. The molecule has 1 aromatic carbocycles. The van der Waals surface area contributed by atoms with Gasteiger partial charge in [-0.25, -0.2) is 14.4 Å². The van der Waals surface area contributed by atoms with Gasteiger partial charge in [-0.2, -0.15) is 0 Å². The van der Waals surface area contributed by atoms with Crippen molar-refractivity contribution in [3.05, 3.63) is 47.2 Å². The molecule has 2 heterocycles. The molecule has 0 saturated carbocycles. The summed E-state index contributed by atoms with van der Waals surface area (Å²) in [5.74, 6) is -2.24. The van der Waals surface area contributed by atoms with Crippen molar-refractivity contribution in [1.29, 1.82) is 0 Å². The Labute approximate surface area is 148 Å². The maximum atomic E-state index is 12.4. The Hall–Kier alpha value is -2.74. The molecule has 2 aliphatic rings. The summed E-state index contributed by atoms with van der Waals surface area (Å²) in [5.41, 5.74) is 0.689. The van der Waals surface area contributed by atoms with Gasteiger partial charge in [-0.15, -0.1) is 0 Å². The molecule has 25 heavy (non-hydrogen) atoms. The minimum atomic E-state index is -0.798. The SMILES string of the molecule is COC(=O)C1=CN2c3ccccc3S[C@H]2C(C(=O)OC)=C1C(=O)OC. The molecule has 8 heteroatoms. The predicted molar refractivity (Wildman–Crippen MR) is 89.7 cm³/mol. The second-order valence-electron chi connectivity index (χ2n) is 5.15. The van der Waals surface area contributed by atoms with Gasteiger partial charge in [-0.1, -0.05) is 23.9 Å². The highest BCUT2D eigenvalue weighted by Gasteiger charge is 2.44. The zero-order valence-corrected chi connectivity index (χ0v) is 14.6. The van der Waals surface area contributed by atoms with Gasteiger partial charge in [0, 0.05) is 11.1 Å². The molecule has 0 spiro atoms. The number of rotatable bonds is 3. The first-order valence-electron chi connectivity index (χ1n) is 7.28. The fourth-order valence-electron chi connectivity index (χ4n) is 2.78. The molecule has 0 aromatic heterocycles. The first-order valence-corrected chi connectivity index (χ1v) is 8.16.